The van der Waals surface area contributed by atoms with E-state index in [0.717, 1.165) is 0 Å². The minimum atomic E-state index is -3.88. The Morgan fingerprint density at radius 2 is 1.85 bits per heavy atom. The minimum absolute atomic E-state index is 0.00983. The first-order chi connectivity index (χ1) is 9.04. The number of halogens is 1. The molecule has 1 amide bonds. The number of amides is 1. The summed E-state index contributed by atoms with van der Waals surface area (Å²) in [5.74, 6) is -0.0279. The Hall–Kier alpha value is -0.920. The second kappa shape index (κ2) is 6.24. The summed E-state index contributed by atoms with van der Waals surface area (Å²) in [5.41, 5.74) is 0.918. The van der Waals surface area contributed by atoms with Crippen molar-refractivity contribution in [1.29, 1.82) is 0 Å². The maximum Gasteiger partial charge on any atom is 0.251 e. The molecule has 1 aromatic rings. The molecule has 3 N–H and O–H groups in total. The van der Waals surface area contributed by atoms with Gasteiger partial charge in [-0.2, -0.15) is 0 Å². The normalized spacial score (nSPS) is 13.3. The van der Waals surface area contributed by atoms with Crippen LogP contribution in [0.3, 0.4) is 0 Å². The summed E-state index contributed by atoms with van der Waals surface area (Å²) in [5, 5.41) is 7.99. The van der Waals surface area contributed by atoms with E-state index in [0.29, 0.717) is 10.0 Å². The average molecular weight is 363 g/mol. The summed E-state index contributed by atoms with van der Waals surface area (Å²) in [6.45, 7) is 7.59. The number of primary sulfonamides is 1. The molecule has 0 bridgehead atoms. The van der Waals surface area contributed by atoms with E-state index in [1.54, 1.807) is 13.0 Å². The predicted molar refractivity (Wildman–Crippen MR) is 82.0 cm³/mol. The van der Waals surface area contributed by atoms with Gasteiger partial charge in [0.1, 0.15) is 0 Å². The first-order valence-electron chi connectivity index (χ1n) is 6.18. The Balaban J connectivity index is 3.21. The van der Waals surface area contributed by atoms with E-state index < -0.39 is 10.0 Å². The zero-order valence-electron chi connectivity index (χ0n) is 11.9. The number of nitrogens with one attached hydrogen (secondary N) is 1. The lowest BCUT2D eigenvalue weighted by atomic mass is 10.1. The van der Waals surface area contributed by atoms with Crippen molar-refractivity contribution >= 4 is 31.9 Å². The fourth-order valence-corrected chi connectivity index (χ4v) is 3.14. The molecule has 0 saturated heterocycles. The first kappa shape index (κ1) is 17.1. The standard InChI is InChI=1S/C13H19BrN2O3S/c1-7(2)9(4)16-13(17)10-5-8(3)12(14)11(6-10)20(15,18)19/h5-7,9H,1-4H3,(H,16,17)(H2,15,18,19). The highest BCUT2D eigenvalue weighted by Crippen LogP contribution is 2.26. The molecule has 7 heteroatoms. The number of rotatable bonds is 4. The van der Waals surface area contributed by atoms with E-state index in [2.05, 4.69) is 21.2 Å². The Labute approximate surface area is 128 Å². The first-order valence-corrected chi connectivity index (χ1v) is 8.51. The van der Waals surface area contributed by atoms with Gasteiger partial charge in [0.2, 0.25) is 10.0 Å². The quantitative estimate of drug-likeness (QED) is 0.859. The molecule has 0 aliphatic heterocycles. The molecule has 0 heterocycles. The summed E-state index contributed by atoms with van der Waals surface area (Å²) in [4.78, 5) is 12.1. The van der Waals surface area contributed by atoms with Crippen LogP contribution in [0.4, 0.5) is 0 Å². The molecule has 0 aliphatic carbocycles. The molecule has 1 atom stereocenters. The highest BCUT2D eigenvalue weighted by molar-refractivity contribution is 9.10. The highest BCUT2D eigenvalue weighted by atomic mass is 79.9. The van der Waals surface area contributed by atoms with Gasteiger partial charge in [0.15, 0.2) is 0 Å². The van der Waals surface area contributed by atoms with Gasteiger partial charge in [-0.3, -0.25) is 4.79 Å². The Morgan fingerprint density at radius 1 is 1.30 bits per heavy atom. The van der Waals surface area contributed by atoms with Gasteiger partial charge in [0, 0.05) is 16.1 Å². The van der Waals surface area contributed by atoms with Gasteiger partial charge in [-0.1, -0.05) is 13.8 Å². The number of benzene rings is 1. The number of hydrogen-bond acceptors (Lipinski definition) is 3. The van der Waals surface area contributed by atoms with Gasteiger partial charge in [0.25, 0.3) is 5.91 Å². The number of hydrogen-bond donors (Lipinski definition) is 2. The zero-order valence-corrected chi connectivity index (χ0v) is 14.3. The lowest BCUT2D eigenvalue weighted by molar-refractivity contribution is 0.0930. The summed E-state index contributed by atoms with van der Waals surface area (Å²) in [6, 6.07) is 2.90. The maximum atomic E-state index is 12.1. The maximum absolute atomic E-state index is 12.1. The summed E-state index contributed by atoms with van der Waals surface area (Å²) < 4.78 is 23.4. The lowest BCUT2D eigenvalue weighted by Gasteiger charge is -2.18. The third-order valence-electron chi connectivity index (χ3n) is 3.15. The molecule has 0 fully saturated rings. The van der Waals surface area contributed by atoms with Crippen molar-refractivity contribution < 1.29 is 13.2 Å². The molecule has 0 radical (unpaired) electrons. The van der Waals surface area contributed by atoms with Crippen molar-refractivity contribution in [3.63, 3.8) is 0 Å². The van der Waals surface area contributed by atoms with Crippen molar-refractivity contribution in [1.82, 2.24) is 5.32 Å². The topological polar surface area (TPSA) is 89.3 Å². The van der Waals surface area contributed by atoms with Crippen LogP contribution < -0.4 is 10.5 Å². The summed E-state index contributed by atoms with van der Waals surface area (Å²) >= 11 is 3.18. The zero-order chi connectivity index (χ0) is 15.7. The molecule has 0 saturated carbocycles. The van der Waals surface area contributed by atoms with Gasteiger partial charge < -0.3 is 5.32 Å². The molecular formula is C13H19BrN2O3S. The second-order valence-electron chi connectivity index (χ2n) is 5.16. The van der Waals surface area contributed by atoms with Gasteiger partial charge in [-0.25, -0.2) is 13.6 Å². The Bertz CT molecular complexity index is 627. The van der Waals surface area contributed by atoms with Crippen LogP contribution in [0.1, 0.15) is 36.7 Å². The monoisotopic (exact) mass is 362 g/mol. The Morgan fingerprint density at radius 3 is 2.30 bits per heavy atom. The average Bonchev–Trinajstić information content (AvgIpc) is 2.30. The number of carbonyl (C=O) groups excluding carboxylic acids is 1. The molecule has 20 heavy (non-hydrogen) atoms. The van der Waals surface area contributed by atoms with E-state index in [1.807, 2.05) is 20.8 Å². The van der Waals surface area contributed by atoms with Crippen LogP contribution in [0.25, 0.3) is 0 Å². The fraction of sp³-hybridized carbons (Fsp3) is 0.462. The lowest BCUT2D eigenvalue weighted by Crippen LogP contribution is -2.36. The predicted octanol–water partition coefficient (Wildman–Crippen LogP) is 2.18. The van der Waals surface area contributed by atoms with Crippen LogP contribution in [0, 0.1) is 12.8 Å². The van der Waals surface area contributed by atoms with Gasteiger partial charge in [0.05, 0.1) is 4.90 Å². The third kappa shape index (κ3) is 4.04. The molecule has 0 aliphatic rings. The molecule has 5 nitrogen and oxygen atoms in total. The molecule has 0 aromatic heterocycles. The molecular weight excluding hydrogens is 344 g/mol. The summed E-state index contributed by atoms with van der Waals surface area (Å²) in [6.07, 6.45) is 0. The van der Waals surface area contributed by atoms with Crippen molar-refractivity contribution in [3.8, 4) is 0 Å². The van der Waals surface area contributed by atoms with E-state index in [4.69, 9.17) is 5.14 Å². The molecule has 0 spiro atoms. The van der Waals surface area contributed by atoms with E-state index in [9.17, 15) is 13.2 Å². The van der Waals surface area contributed by atoms with Crippen LogP contribution in [0.15, 0.2) is 21.5 Å². The highest BCUT2D eigenvalue weighted by Gasteiger charge is 2.19. The van der Waals surface area contributed by atoms with E-state index in [1.165, 1.54) is 6.07 Å². The summed E-state index contributed by atoms with van der Waals surface area (Å²) in [7, 11) is -3.88. The van der Waals surface area contributed by atoms with Crippen LogP contribution in [-0.2, 0) is 10.0 Å². The van der Waals surface area contributed by atoms with E-state index >= 15 is 0 Å². The molecule has 1 aromatic carbocycles. The molecule has 1 rings (SSSR count). The SMILES string of the molecule is Cc1cc(C(=O)NC(C)C(C)C)cc(S(N)(=O)=O)c1Br. The molecule has 112 valence electrons. The van der Waals surface area contributed by atoms with Crippen molar-refractivity contribution in [2.24, 2.45) is 11.1 Å². The van der Waals surface area contributed by atoms with Crippen LogP contribution in [0.2, 0.25) is 0 Å². The fourth-order valence-electron chi connectivity index (χ4n) is 1.53. The van der Waals surface area contributed by atoms with Gasteiger partial charge in [-0.05, 0) is 53.4 Å². The van der Waals surface area contributed by atoms with Crippen LogP contribution >= 0.6 is 15.9 Å². The van der Waals surface area contributed by atoms with Crippen LogP contribution in [-0.4, -0.2) is 20.4 Å². The molecule has 1 unspecified atom stereocenters. The van der Waals surface area contributed by atoms with Gasteiger partial charge >= 0.3 is 0 Å². The number of carbonyl (C=O) groups is 1. The Kier molecular flexibility index (Phi) is 5.34. The van der Waals surface area contributed by atoms with Crippen molar-refractivity contribution in [2.75, 3.05) is 0 Å². The number of aryl methyl sites for hydroxylation is 1. The second-order valence-corrected chi connectivity index (χ2v) is 7.48. The number of sulfonamides is 1. The van der Waals surface area contributed by atoms with E-state index in [-0.39, 0.29) is 28.3 Å². The smallest absolute Gasteiger partial charge is 0.251 e. The largest absolute Gasteiger partial charge is 0.349 e. The minimum Gasteiger partial charge on any atom is -0.349 e. The van der Waals surface area contributed by atoms with Crippen molar-refractivity contribution in [3.05, 3.63) is 27.7 Å². The van der Waals surface area contributed by atoms with Crippen molar-refractivity contribution in [2.45, 2.75) is 38.6 Å². The third-order valence-corrected chi connectivity index (χ3v) is 5.40. The van der Waals surface area contributed by atoms with Crippen LogP contribution in [0.5, 0.6) is 0 Å². The number of nitrogens with two attached hydrogens (primary N) is 1. The van der Waals surface area contributed by atoms with Gasteiger partial charge in [-0.15, -0.1) is 0 Å².